The number of aliphatic hydroxyl groups is 6. The van der Waals surface area contributed by atoms with E-state index in [0.29, 0.717) is 0 Å². The molecule has 0 amide bonds. The van der Waals surface area contributed by atoms with E-state index in [1.165, 1.54) is 11.8 Å². The fourth-order valence-corrected chi connectivity index (χ4v) is 5.64. The van der Waals surface area contributed by atoms with Crippen LogP contribution in [0.25, 0.3) is 0 Å². The number of ether oxygens (including phenoxy) is 2. The van der Waals surface area contributed by atoms with E-state index < -0.39 is 59.4 Å². The predicted molar refractivity (Wildman–Crippen MR) is 83.1 cm³/mol. The van der Waals surface area contributed by atoms with E-state index in [1.807, 2.05) is 0 Å². The first kappa shape index (κ1) is 17.7. The molecule has 9 N–H and O–H groups in total. The molecule has 12 heteroatoms. The predicted octanol–water partition coefficient (Wildman–Crippen LogP) is -4.79. The van der Waals surface area contributed by atoms with Crippen LogP contribution in [0, 0.1) is 5.92 Å². The molecular formula is C13H21N3O8S. The van der Waals surface area contributed by atoms with Crippen molar-refractivity contribution < 1.29 is 40.1 Å². The number of aliphatic hydroxyl groups excluding tert-OH is 4. The van der Waals surface area contributed by atoms with Gasteiger partial charge in [0.15, 0.2) is 12.1 Å². The lowest BCUT2D eigenvalue weighted by Gasteiger charge is -2.71. The van der Waals surface area contributed by atoms with Crippen LogP contribution >= 0.6 is 11.8 Å². The summed E-state index contributed by atoms with van der Waals surface area (Å²) in [5.41, 5.74) is 2.22. The van der Waals surface area contributed by atoms with E-state index in [0.717, 1.165) is 0 Å². The molecule has 142 valence electrons. The largest absolute Gasteiger partial charge is 0.396 e. The Balaban J connectivity index is 1.87. The van der Waals surface area contributed by atoms with Crippen molar-refractivity contribution in [2.75, 3.05) is 19.0 Å². The minimum absolute atomic E-state index is 0.0668. The van der Waals surface area contributed by atoms with E-state index >= 15 is 0 Å². The lowest BCUT2D eigenvalue weighted by molar-refractivity contribution is -0.545. The summed E-state index contributed by atoms with van der Waals surface area (Å²) >= 11 is 1.19. The maximum absolute atomic E-state index is 10.9. The lowest BCUT2D eigenvalue weighted by Crippen LogP contribution is -2.95. The van der Waals surface area contributed by atoms with Crippen LogP contribution in [-0.4, -0.2) is 102 Å². The molecule has 4 fully saturated rings. The number of nitrogens with one attached hydrogen (secondary N) is 1. The van der Waals surface area contributed by atoms with E-state index in [9.17, 15) is 25.5 Å². The molecular weight excluding hydrogens is 358 g/mol. The molecule has 9 atom stereocenters. The van der Waals surface area contributed by atoms with Crippen LogP contribution in [0.1, 0.15) is 0 Å². The van der Waals surface area contributed by atoms with Gasteiger partial charge in [0.1, 0.15) is 34.8 Å². The zero-order valence-electron chi connectivity index (χ0n) is 13.0. The highest BCUT2D eigenvalue weighted by molar-refractivity contribution is 7.99. The minimum atomic E-state index is -2.47. The van der Waals surface area contributed by atoms with Gasteiger partial charge in [0.05, 0.1) is 13.2 Å². The summed E-state index contributed by atoms with van der Waals surface area (Å²) in [5.74, 6) is -3.11. The molecule has 3 saturated heterocycles. The smallest absolute Gasteiger partial charge is 0.311 e. The number of hydrogen-bond donors (Lipinski definition) is 8. The van der Waals surface area contributed by atoms with Crippen LogP contribution in [-0.2, 0) is 9.47 Å². The molecule has 5 aliphatic rings. The average Bonchev–Trinajstić information content (AvgIpc) is 2.58. The molecule has 0 aromatic carbocycles. The first-order chi connectivity index (χ1) is 11.7. The topological polar surface area (TPSA) is 190 Å². The molecule has 5 rings (SSSR count). The summed E-state index contributed by atoms with van der Waals surface area (Å²) in [4.78, 5) is 4.23. The summed E-state index contributed by atoms with van der Waals surface area (Å²) in [6.07, 6.45) is -5.87. The second-order valence-electron chi connectivity index (χ2n) is 6.79. The van der Waals surface area contributed by atoms with Gasteiger partial charge >= 0.3 is 5.97 Å². The quantitative estimate of drug-likeness (QED) is 0.234. The van der Waals surface area contributed by atoms with E-state index in [-0.39, 0.29) is 18.3 Å². The Morgan fingerprint density at radius 1 is 1.20 bits per heavy atom. The normalized spacial score (nSPS) is 56.3. The van der Waals surface area contributed by atoms with Crippen LogP contribution in [0.15, 0.2) is 4.99 Å². The Hall–Kier alpha value is -0.700. The maximum atomic E-state index is 10.9. The van der Waals surface area contributed by atoms with Gasteiger partial charge in [0.25, 0.3) is 0 Å². The second kappa shape index (κ2) is 5.41. The van der Waals surface area contributed by atoms with Gasteiger partial charge in [-0.25, -0.2) is 4.99 Å². The van der Waals surface area contributed by atoms with Crippen molar-refractivity contribution in [3.05, 3.63) is 0 Å². The summed E-state index contributed by atoms with van der Waals surface area (Å²) < 4.78 is 10.6. The van der Waals surface area contributed by atoms with Crippen LogP contribution in [0.2, 0.25) is 0 Å². The van der Waals surface area contributed by atoms with Crippen molar-refractivity contribution in [1.82, 2.24) is 5.32 Å². The molecule has 0 aromatic heterocycles. The molecule has 25 heavy (non-hydrogen) atoms. The van der Waals surface area contributed by atoms with Crippen molar-refractivity contribution in [2.24, 2.45) is 16.6 Å². The zero-order chi connectivity index (χ0) is 18.2. The van der Waals surface area contributed by atoms with Gasteiger partial charge in [-0.15, -0.1) is 11.8 Å². The number of rotatable bonds is 4. The SMILES string of the molecule is NC1=N[C@H](SCCO)[C@H]2[C@H]3O[C@]4(O)O[C@@H]([C@@H](O)[C@@]2(N1)[C@@H]4O)[C@]3(O)CO. The summed E-state index contributed by atoms with van der Waals surface area (Å²) in [6, 6.07) is 0. The van der Waals surface area contributed by atoms with Crippen LogP contribution in [0.3, 0.4) is 0 Å². The molecule has 1 aliphatic carbocycles. The number of guanidine groups is 1. The number of thioether (sulfide) groups is 1. The van der Waals surface area contributed by atoms with E-state index in [4.69, 9.17) is 20.3 Å². The number of hydrogen-bond acceptors (Lipinski definition) is 12. The number of nitrogens with zero attached hydrogens (tertiary/aromatic N) is 1. The van der Waals surface area contributed by atoms with Gasteiger partial charge in [-0.2, -0.15) is 0 Å². The standard InChI is InChI=1S/C13H21N3O8S/c14-10-15-8(25-2-1-17)4-6-11(21,3-18)7-5(19)12(4,16-10)9(20)13(22,23-6)24-7/h4-9,17-22H,1-3H2,(H3,14,15,16)/t4-,5-,6-,7+,8-,9+,11+,12-,13+/m1/s1. The highest BCUT2D eigenvalue weighted by Crippen LogP contribution is 2.59. The molecule has 0 aromatic rings. The van der Waals surface area contributed by atoms with E-state index in [1.54, 1.807) is 0 Å². The Labute approximate surface area is 146 Å². The van der Waals surface area contributed by atoms with E-state index in [2.05, 4.69) is 10.3 Å². The van der Waals surface area contributed by atoms with Crippen molar-refractivity contribution in [2.45, 2.75) is 46.9 Å². The van der Waals surface area contributed by atoms with Crippen LogP contribution < -0.4 is 11.1 Å². The van der Waals surface area contributed by atoms with Crippen molar-refractivity contribution in [3.8, 4) is 0 Å². The van der Waals surface area contributed by atoms with Gasteiger partial charge in [-0.1, -0.05) is 0 Å². The summed E-state index contributed by atoms with van der Waals surface area (Å²) in [5, 5.41) is 63.9. The number of aliphatic imine (C=N–C) groups is 1. The molecule has 4 bridgehead atoms. The monoisotopic (exact) mass is 379 g/mol. The Morgan fingerprint density at radius 3 is 2.52 bits per heavy atom. The number of nitrogens with two attached hydrogens (primary N) is 1. The molecule has 4 aliphatic heterocycles. The Morgan fingerprint density at radius 2 is 1.88 bits per heavy atom. The minimum Gasteiger partial charge on any atom is -0.396 e. The Kier molecular flexibility index (Phi) is 3.83. The average molecular weight is 379 g/mol. The molecule has 1 spiro atoms. The first-order valence-electron chi connectivity index (χ1n) is 7.86. The summed E-state index contributed by atoms with van der Waals surface area (Å²) in [7, 11) is 0. The molecule has 0 radical (unpaired) electrons. The summed E-state index contributed by atoms with van der Waals surface area (Å²) in [6.45, 7) is -0.935. The highest BCUT2D eigenvalue weighted by atomic mass is 32.2. The fraction of sp³-hybridized carbons (Fsp3) is 0.923. The van der Waals surface area contributed by atoms with Crippen LogP contribution in [0.5, 0.6) is 0 Å². The third-order valence-corrected chi connectivity index (χ3v) is 6.74. The first-order valence-corrected chi connectivity index (χ1v) is 8.90. The van der Waals surface area contributed by atoms with Crippen molar-refractivity contribution in [1.29, 1.82) is 0 Å². The molecule has 11 nitrogen and oxygen atoms in total. The second-order valence-corrected chi connectivity index (χ2v) is 8.01. The van der Waals surface area contributed by atoms with Gasteiger partial charge < -0.3 is 51.2 Å². The van der Waals surface area contributed by atoms with Crippen molar-refractivity contribution in [3.63, 3.8) is 0 Å². The maximum Gasteiger partial charge on any atom is 0.311 e. The molecule has 4 heterocycles. The lowest BCUT2D eigenvalue weighted by atomic mass is 9.55. The van der Waals surface area contributed by atoms with Gasteiger partial charge in [-0.05, 0) is 0 Å². The molecule has 1 saturated carbocycles. The van der Waals surface area contributed by atoms with Gasteiger partial charge in [0.2, 0.25) is 0 Å². The molecule has 0 unspecified atom stereocenters. The fourth-order valence-electron chi connectivity index (χ4n) is 4.53. The van der Waals surface area contributed by atoms with Gasteiger partial charge in [0, 0.05) is 11.7 Å². The third kappa shape index (κ3) is 1.97. The third-order valence-electron chi connectivity index (χ3n) is 5.58. The highest BCUT2D eigenvalue weighted by Gasteiger charge is 2.82. The van der Waals surface area contributed by atoms with Gasteiger partial charge in [-0.3, -0.25) is 0 Å². The Bertz CT molecular complexity index is 612. The zero-order valence-corrected chi connectivity index (χ0v) is 13.8. The van der Waals surface area contributed by atoms with Crippen LogP contribution in [0.4, 0.5) is 0 Å². The van der Waals surface area contributed by atoms with Crippen molar-refractivity contribution >= 4 is 17.7 Å².